The van der Waals surface area contributed by atoms with E-state index in [1.54, 1.807) is 18.2 Å². The van der Waals surface area contributed by atoms with Crippen LogP contribution in [0.3, 0.4) is 0 Å². The van der Waals surface area contributed by atoms with E-state index in [2.05, 4.69) is 182 Å². The molecule has 336 valence electrons. The quantitative estimate of drug-likeness (QED) is 0.0557. The van der Waals surface area contributed by atoms with Crippen LogP contribution in [0.15, 0.2) is 181 Å². The Hall–Kier alpha value is -5.63. The van der Waals surface area contributed by atoms with Gasteiger partial charge in [-0.2, -0.15) is 15.8 Å². The van der Waals surface area contributed by atoms with E-state index >= 15 is 0 Å². The van der Waals surface area contributed by atoms with Crippen LogP contribution in [0.25, 0.3) is 0 Å². The molecule has 2 N–H and O–H groups in total. The number of hydrogen-bond donors (Lipinski definition) is 0. The molecule has 0 spiro atoms. The van der Waals surface area contributed by atoms with Crippen molar-refractivity contribution in [3.05, 3.63) is 187 Å². The fourth-order valence-corrected chi connectivity index (χ4v) is 10.3. The molecule has 0 aliphatic carbocycles. The third-order valence-corrected chi connectivity index (χ3v) is 12.6. The minimum Gasteiger partial charge on any atom is -0.418 e. The summed E-state index contributed by atoms with van der Waals surface area (Å²) in [6, 6.07) is 68.9. The summed E-state index contributed by atoms with van der Waals surface area (Å²) in [7, 11) is -13.3. The van der Waals surface area contributed by atoms with Gasteiger partial charge >= 0.3 is 31.6 Å². The molecule has 6 aromatic rings. The Kier molecular flexibility index (Phi) is 32.9. The zero-order valence-electron chi connectivity index (χ0n) is 35.0. The first-order valence-corrected chi connectivity index (χ1v) is 21.6. The molecular weight excluding hydrogens is 916 g/mol. The maximum atomic E-state index is 9.75. The first kappa shape index (κ1) is 60.5. The van der Waals surface area contributed by atoms with Gasteiger partial charge in [0, 0.05) is 32.5 Å². The van der Waals surface area contributed by atoms with E-state index in [0.717, 1.165) is 12.6 Å². The van der Waals surface area contributed by atoms with Gasteiger partial charge < -0.3 is 40.0 Å². The van der Waals surface area contributed by atoms with Crippen molar-refractivity contribution in [2.45, 2.75) is 33.2 Å². The maximum absolute atomic E-state index is 9.75. The molecule has 0 fully saturated rings. The Morgan fingerprint density at radius 1 is 0.500 bits per heavy atom. The van der Waals surface area contributed by atoms with Gasteiger partial charge in [-0.1, -0.05) is 176 Å². The van der Waals surface area contributed by atoms with Crippen molar-refractivity contribution in [3.8, 4) is 18.2 Å². The maximum Gasteiger partial charge on any atom is 2.00 e. The molecule has 0 aliphatic heterocycles. The largest absolute Gasteiger partial charge is 2.00 e. The van der Waals surface area contributed by atoms with Gasteiger partial charge in [0.15, 0.2) is 0 Å². The molecule has 0 saturated heterocycles. The molecule has 0 bridgehead atoms. The molecule has 0 amide bonds. The molecule has 64 heavy (non-hydrogen) atoms. The van der Waals surface area contributed by atoms with Crippen molar-refractivity contribution in [1.29, 1.82) is 15.8 Å². The van der Waals surface area contributed by atoms with E-state index in [0.29, 0.717) is 0 Å². The number of rotatable bonds is 11. The molecular formula is C46H46B2F8FeN4OP2. The standard InChI is InChI=1S/C40H35NP2.3C2H3N.2BF4.Fe.H2O/c1-6-18-33(19-7-1)30-35(32-42(36-21-8-2-9-22-36)37-23-10-3-11-24-37)41-31-34-20-16-17-29-40(34)43(38-25-12-4-13-26-38)39-27-14-5-15-28-39;3*1-2-3;2*2-1(3,4)5;;/h1-29,31,35H,30,32H2;3*1H3;;;;1H2/q;;;;2*-1;+2;/t35-;;;;;;;/m0......./s1. The summed E-state index contributed by atoms with van der Waals surface area (Å²) in [5, 5.41) is 28.8. The number of halogens is 8. The molecule has 0 unspecified atom stereocenters. The van der Waals surface area contributed by atoms with Crippen molar-refractivity contribution in [2.75, 3.05) is 6.16 Å². The second kappa shape index (κ2) is 34.8. The predicted octanol–water partition coefficient (Wildman–Crippen LogP) is 11.0. The molecule has 6 rings (SSSR count). The summed E-state index contributed by atoms with van der Waals surface area (Å²) in [5.74, 6) is 0. The number of nitriles is 3. The van der Waals surface area contributed by atoms with Crippen molar-refractivity contribution in [1.82, 2.24) is 0 Å². The Balaban J connectivity index is 0. The van der Waals surface area contributed by atoms with Gasteiger partial charge in [-0.25, -0.2) is 0 Å². The smallest absolute Gasteiger partial charge is 0.418 e. The molecule has 0 aromatic heterocycles. The van der Waals surface area contributed by atoms with E-state index in [4.69, 9.17) is 20.8 Å². The molecule has 18 heteroatoms. The van der Waals surface area contributed by atoms with Crippen LogP contribution in [-0.4, -0.2) is 38.4 Å². The van der Waals surface area contributed by atoms with Crippen LogP contribution in [0.1, 0.15) is 31.9 Å². The summed E-state index contributed by atoms with van der Waals surface area (Å²) in [6.07, 6.45) is 4.06. The van der Waals surface area contributed by atoms with Crippen molar-refractivity contribution >= 4 is 63.1 Å². The van der Waals surface area contributed by atoms with Crippen LogP contribution in [-0.2, 0) is 23.5 Å². The molecule has 0 aliphatic rings. The molecule has 0 heterocycles. The summed E-state index contributed by atoms with van der Waals surface area (Å²) >= 11 is 0. The normalized spacial score (nSPS) is 10.4. The monoisotopic (exact) mass is 962 g/mol. The Labute approximate surface area is 384 Å². The van der Waals surface area contributed by atoms with Crippen LogP contribution >= 0.6 is 15.8 Å². The predicted molar refractivity (Wildman–Crippen MR) is 248 cm³/mol. The average molecular weight is 962 g/mol. The third kappa shape index (κ3) is 28.1. The fourth-order valence-electron chi connectivity index (χ4n) is 5.40. The summed E-state index contributed by atoms with van der Waals surface area (Å²) in [6.45, 7) is 4.29. The van der Waals surface area contributed by atoms with Gasteiger partial charge in [0.2, 0.25) is 0 Å². The SMILES string of the molecule is C(=N[C@@H](Cc1ccccc1)CP(c1ccccc1)c1ccccc1)c1ccccc1P(c1ccccc1)c1ccccc1.CC#N.CC#N.CC#N.F[B-](F)(F)F.F[B-](F)(F)F.O.[Fe+2]. The summed E-state index contributed by atoms with van der Waals surface area (Å²) in [4.78, 5) is 5.41. The van der Waals surface area contributed by atoms with Crippen LogP contribution in [0, 0.1) is 34.0 Å². The zero-order valence-corrected chi connectivity index (χ0v) is 37.9. The Bertz CT molecular complexity index is 2120. The molecule has 1 atom stereocenters. The number of nitrogens with zero attached hydrogens (tertiary/aromatic N) is 4. The molecule has 6 aromatic carbocycles. The average Bonchev–Trinajstić information content (AvgIpc) is 3.24. The van der Waals surface area contributed by atoms with E-state index < -0.39 is 30.4 Å². The minimum atomic E-state index is -6.00. The van der Waals surface area contributed by atoms with Crippen molar-refractivity contribution in [3.63, 3.8) is 0 Å². The summed E-state index contributed by atoms with van der Waals surface area (Å²) in [5.41, 5.74) is 2.52. The van der Waals surface area contributed by atoms with Gasteiger partial charge in [0.1, 0.15) is 0 Å². The molecule has 0 saturated carbocycles. The second-order valence-electron chi connectivity index (χ2n) is 12.1. The first-order chi connectivity index (χ1) is 29.6. The zero-order chi connectivity index (χ0) is 46.2. The van der Waals surface area contributed by atoms with Gasteiger partial charge in [-0.3, -0.25) is 4.99 Å². The van der Waals surface area contributed by atoms with E-state index in [9.17, 15) is 34.5 Å². The van der Waals surface area contributed by atoms with Gasteiger partial charge in [0.05, 0.1) is 24.2 Å². The van der Waals surface area contributed by atoms with Crippen LogP contribution < -0.4 is 26.5 Å². The van der Waals surface area contributed by atoms with Crippen LogP contribution in [0.2, 0.25) is 0 Å². The topological polar surface area (TPSA) is 115 Å². The molecule has 5 nitrogen and oxygen atoms in total. The van der Waals surface area contributed by atoms with Crippen molar-refractivity contribution < 1.29 is 57.1 Å². The van der Waals surface area contributed by atoms with E-state index in [-0.39, 0.29) is 28.6 Å². The fraction of sp³-hybridized carbons (Fsp3) is 0.130. The van der Waals surface area contributed by atoms with E-state index in [1.165, 1.54) is 58.4 Å². The molecule has 0 radical (unpaired) electrons. The van der Waals surface area contributed by atoms with Crippen molar-refractivity contribution in [2.24, 2.45) is 4.99 Å². The number of benzene rings is 6. The van der Waals surface area contributed by atoms with Gasteiger partial charge in [0.25, 0.3) is 0 Å². The second-order valence-corrected chi connectivity index (χ2v) is 16.6. The Morgan fingerprint density at radius 3 is 1.12 bits per heavy atom. The van der Waals surface area contributed by atoms with E-state index in [1.807, 2.05) is 0 Å². The van der Waals surface area contributed by atoms with Gasteiger partial charge in [-0.15, -0.1) is 0 Å². The van der Waals surface area contributed by atoms with Crippen LogP contribution in [0.5, 0.6) is 0 Å². The van der Waals surface area contributed by atoms with Gasteiger partial charge in [-0.05, 0) is 60.5 Å². The first-order valence-electron chi connectivity index (χ1n) is 18.7. The number of hydrogen-bond acceptors (Lipinski definition) is 4. The van der Waals surface area contributed by atoms with Crippen LogP contribution in [0.4, 0.5) is 34.5 Å². The number of aliphatic imine (C=N–C) groups is 1. The minimum absolute atomic E-state index is 0. The Morgan fingerprint density at radius 2 is 0.781 bits per heavy atom. The third-order valence-electron chi connectivity index (χ3n) is 7.47. The summed E-state index contributed by atoms with van der Waals surface area (Å²) < 4.78 is 78.0.